The molecule has 1 aliphatic rings. The smallest absolute Gasteiger partial charge is 0.191 e. The van der Waals surface area contributed by atoms with Gasteiger partial charge in [-0.3, -0.25) is 4.90 Å². The van der Waals surface area contributed by atoms with Gasteiger partial charge in [0.2, 0.25) is 0 Å². The topological polar surface area (TPSA) is 58.1 Å². The molecule has 0 radical (unpaired) electrons. The number of nitrogens with one attached hydrogen (secondary N) is 2. The number of aliphatic imine (C=N–C) groups is 1. The summed E-state index contributed by atoms with van der Waals surface area (Å²) in [5.41, 5.74) is 1.03. The number of halogens is 1. The van der Waals surface area contributed by atoms with Gasteiger partial charge in [-0.05, 0) is 32.9 Å². The van der Waals surface area contributed by atoms with E-state index in [0.717, 1.165) is 56.7 Å². The molecule has 2 N–H and O–H groups in total. The molecule has 1 aromatic rings. The van der Waals surface area contributed by atoms with Gasteiger partial charge in [-0.25, -0.2) is 4.99 Å². The molecule has 0 atom stereocenters. The normalized spacial score (nSPS) is 16.4. The van der Waals surface area contributed by atoms with Crippen molar-refractivity contribution in [3.63, 3.8) is 0 Å². The van der Waals surface area contributed by atoms with E-state index in [9.17, 15) is 0 Å². The van der Waals surface area contributed by atoms with Crippen LogP contribution in [0.5, 0.6) is 5.75 Å². The highest BCUT2D eigenvalue weighted by Crippen LogP contribution is 2.23. The molecule has 7 heteroatoms. The van der Waals surface area contributed by atoms with E-state index in [1.807, 2.05) is 18.2 Å². The van der Waals surface area contributed by atoms with E-state index in [-0.39, 0.29) is 5.54 Å². The van der Waals surface area contributed by atoms with Gasteiger partial charge < -0.3 is 20.1 Å². The van der Waals surface area contributed by atoms with E-state index in [4.69, 9.17) is 26.1 Å². The minimum atomic E-state index is 0.0257. The van der Waals surface area contributed by atoms with Crippen molar-refractivity contribution in [3.05, 3.63) is 28.8 Å². The summed E-state index contributed by atoms with van der Waals surface area (Å²) in [4.78, 5) is 7.15. The molecule has 0 bridgehead atoms. The van der Waals surface area contributed by atoms with Crippen LogP contribution in [0.4, 0.5) is 0 Å². The Kier molecular flexibility index (Phi) is 8.00. The first-order valence-corrected chi connectivity index (χ1v) is 9.51. The molecule has 0 unspecified atom stereocenters. The molecule has 6 nitrogen and oxygen atoms in total. The fraction of sp³-hybridized carbons (Fsp3) is 0.632. The first-order chi connectivity index (χ1) is 12.5. The second kappa shape index (κ2) is 10.00. The average Bonchev–Trinajstić information content (AvgIpc) is 2.65. The number of benzene rings is 1. The second-order valence-corrected chi connectivity index (χ2v) is 7.35. The van der Waals surface area contributed by atoms with Crippen LogP contribution in [0.1, 0.15) is 26.3 Å². The summed E-state index contributed by atoms with van der Waals surface area (Å²) in [5, 5.41) is 7.43. The third-order valence-corrected chi connectivity index (χ3v) is 4.79. The number of nitrogens with zero attached hydrogens (tertiary/aromatic N) is 2. The predicted octanol–water partition coefficient (Wildman–Crippen LogP) is 2.51. The van der Waals surface area contributed by atoms with Gasteiger partial charge in [0.05, 0.1) is 26.9 Å². The molecule has 1 aromatic carbocycles. The minimum Gasteiger partial charge on any atom is -0.496 e. The summed E-state index contributed by atoms with van der Waals surface area (Å²) in [5.74, 6) is 1.55. The minimum absolute atomic E-state index is 0.0257. The zero-order valence-electron chi connectivity index (χ0n) is 16.3. The highest BCUT2D eigenvalue weighted by molar-refractivity contribution is 6.30. The Hall–Kier alpha value is -1.50. The summed E-state index contributed by atoms with van der Waals surface area (Å²) in [6, 6.07) is 5.62. The van der Waals surface area contributed by atoms with E-state index in [1.165, 1.54) is 0 Å². The largest absolute Gasteiger partial charge is 0.496 e. The highest BCUT2D eigenvalue weighted by atomic mass is 35.5. The maximum Gasteiger partial charge on any atom is 0.191 e. The fourth-order valence-electron chi connectivity index (χ4n) is 2.94. The third-order valence-electron chi connectivity index (χ3n) is 4.56. The molecular formula is C19H31ClN4O2. The van der Waals surface area contributed by atoms with Crippen LogP contribution in [0.15, 0.2) is 23.2 Å². The molecular weight excluding hydrogens is 352 g/mol. The van der Waals surface area contributed by atoms with Crippen LogP contribution in [-0.2, 0) is 11.3 Å². The second-order valence-electron chi connectivity index (χ2n) is 6.92. The first-order valence-electron chi connectivity index (χ1n) is 9.13. The Bertz CT molecular complexity index is 601. The lowest BCUT2D eigenvalue weighted by molar-refractivity contribution is -0.00834. The molecule has 2 rings (SSSR count). The van der Waals surface area contributed by atoms with Crippen molar-refractivity contribution in [2.75, 3.05) is 46.5 Å². The van der Waals surface area contributed by atoms with E-state index in [2.05, 4.69) is 36.3 Å². The van der Waals surface area contributed by atoms with Crippen LogP contribution in [0, 0.1) is 0 Å². The van der Waals surface area contributed by atoms with Gasteiger partial charge in [-0.2, -0.15) is 0 Å². The fourth-order valence-corrected chi connectivity index (χ4v) is 3.10. The Morgan fingerprint density at radius 1 is 1.31 bits per heavy atom. The van der Waals surface area contributed by atoms with Gasteiger partial charge >= 0.3 is 0 Å². The van der Waals surface area contributed by atoms with Crippen LogP contribution in [0.25, 0.3) is 0 Å². The quantitative estimate of drug-likeness (QED) is 0.560. The summed E-state index contributed by atoms with van der Waals surface area (Å²) in [6.07, 6.45) is 0. The zero-order valence-corrected chi connectivity index (χ0v) is 17.0. The molecule has 0 amide bonds. The summed E-state index contributed by atoms with van der Waals surface area (Å²) >= 11 is 6.03. The van der Waals surface area contributed by atoms with Gasteiger partial charge in [0, 0.05) is 42.3 Å². The Morgan fingerprint density at radius 2 is 2.04 bits per heavy atom. The lowest BCUT2D eigenvalue weighted by Crippen LogP contribution is -2.56. The standard InChI is InChI=1S/C19H31ClN4O2/c1-5-21-18(22-13-15-6-7-16(20)12-17(15)25-4)23-14-19(2,3)24-8-10-26-11-9-24/h6-7,12H,5,8-11,13-14H2,1-4H3,(H2,21,22,23). The molecule has 0 saturated carbocycles. The maximum atomic E-state index is 6.03. The molecule has 1 fully saturated rings. The average molecular weight is 383 g/mol. The van der Waals surface area contributed by atoms with Gasteiger partial charge in [-0.15, -0.1) is 0 Å². The number of guanidine groups is 1. The first kappa shape index (κ1) is 20.8. The van der Waals surface area contributed by atoms with Crippen molar-refractivity contribution in [1.29, 1.82) is 0 Å². The SMILES string of the molecule is CCNC(=NCc1ccc(Cl)cc1OC)NCC(C)(C)N1CCOCC1. The Morgan fingerprint density at radius 3 is 2.69 bits per heavy atom. The van der Waals surface area contributed by atoms with Crippen LogP contribution in [0.3, 0.4) is 0 Å². The van der Waals surface area contributed by atoms with Crippen molar-refractivity contribution in [1.82, 2.24) is 15.5 Å². The monoisotopic (exact) mass is 382 g/mol. The van der Waals surface area contributed by atoms with E-state index < -0.39 is 0 Å². The van der Waals surface area contributed by atoms with Gasteiger partial charge in [0.15, 0.2) is 5.96 Å². The predicted molar refractivity (Wildman–Crippen MR) is 107 cm³/mol. The summed E-state index contributed by atoms with van der Waals surface area (Å²) < 4.78 is 10.9. The van der Waals surface area contributed by atoms with Crippen molar-refractivity contribution in [2.24, 2.45) is 4.99 Å². The van der Waals surface area contributed by atoms with Gasteiger partial charge in [0.1, 0.15) is 5.75 Å². The van der Waals surface area contributed by atoms with Crippen LogP contribution >= 0.6 is 11.6 Å². The zero-order chi connectivity index (χ0) is 19.0. The molecule has 146 valence electrons. The number of morpholine rings is 1. The lowest BCUT2D eigenvalue weighted by atomic mass is 10.0. The molecule has 1 aliphatic heterocycles. The summed E-state index contributed by atoms with van der Waals surface area (Å²) in [6.45, 7) is 12.2. The van der Waals surface area contributed by atoms with Crippen LogP contribution < -0.4 is 15.4 Å². The third kappa shape index (κ3) is 6.04. The Balaban J connectivity index is 2.00. The van der Waals surface area contributed by atoms with E-state index in [0.29, 0.717) is 11.6 Å². The van der Waals surface area contributed by atoms with Gasteiger partial charge in [0.25, 0.3) is 0 Å². The molecule has 1 saturated heterocycles. The van der Waals surface area contributed by atoms with Crippen molar-refractivity contribution < 1.29 is 9.47 Å². The molecule has 0 aromatic heterocycles. The Labute approximate surface area is 161 Å². The van der Waals surface area contributed by atoms with Crippen molar-refractivity contribution in [2.45, 2.75) is 32.9 Å². The van der Waals surface area contributed by atoms with Gasteiger partial charge in [-0.1, -0.05) is 17.7 Å². The van der Waals surface area contributed by atoms with Crippen LogP contribution in [0.2, 0.25) is 5.02 Å². The summed E-state index contributed by atoms with van der Waals surface area (Å²) in [7, 11) is 1.65. The number of hydrogen-bond donors (Lipinski definition) is 2. The number of ether oxygens (including phenoxy) is 2. The van der Waals surface area contributed by atoms with Crippen LogP contribution in [-0.4, -0.2) is 62.9 Å². The molecule has 0 aliphatic carbocycles. The van der Waals surface area contributed by atoms with E-state index in [1.54, 1.807) is 7.11 Å². The van der Waals surface area contributed by atoms with Crippen molar-refractivity contribution >= 4 is 17.6 Å². The number of hydrogen-bond acceptors (Lipinski definition) is 4. The molecule has 0 spiro atoms. The maximum absolute atomic E-state index is 6.03. The number of methoxy groups -OCH3 is 1. The molecule has 1 heterocycles. The molecule has 26 heavy (non-hydrogen) atoms. The highest BCUT2D eigenvalue weighted by Gasteiger charge is 2.28. The van der Waals surface area contributed by atoms with E-state index >= 15 is 0 Å². The number of rotatable bonds is 7. The lowest BCUT2D eigenvalue weighted by Gasteiger charge is -2.41. The van der Waals surface area contributed by atoms with Crippen molar-refractivity contribution in [3.8, 4) is 5.75 Å².